The zero-order chi connectivity index (χ0) is 14.4. The molecule has 0 aliphatic heterocycles. The highest BCUT2D eigenvalue weighted by Gasteiger charge is 2.07. The molecule has 0 fully saturated rings. The molecule has 1 aromatic heterocycles. The summed E-state index contributed by atoms with van der Waals surface area (Å²) >= 11 is 0. The summed E-state index contributed by atoms with van der Waals surface area (Å²) in [5.41, 5.74) is 1.91. The highest BCUT2D eigenvalue weighted by atomic mass is 16.5. The number of nitrogens with zero attached hydrogens (tertiary/aromatic N) is 2. The van der Waals surface area contributed by atoms with Crippen molar-refractivity contribution in [1.82, 2.24) is 15.1 Å². The van der Waals surface area contributed by atoms with Crippen LogP contribution in [0.2, 0.25) is 0 Å². The maximum atomic E-state index is 10.1. The molecule has 0 aliphatic carbocycles. The fourth-order valence-corrected chi connectivity index (χ4v) is 2.02. The van der Waals surface area contributed by atoms with Crippen LogP contribution >= 0.6 is 0 Å². The van der Waals surface area contributed by atoms with Gasteiger partial charge in [-0.15, -0.1) is 0 Å². The van der Waals surface area contributed by atoms with Gasteiger partial charge >= 0.3 is 0 Å². The summed E-state index contributed by atoms with van der Waals surface area (Å²) in [5.74, 6) is 0.759. The van der Waals surface area contributed by atoms with Gasteiger partial charge in [-0.3, -0.25) is 4.68 Å². The van der Waals surface area contributed by atoms with Gasteiger partial charge in [-0.1, -0.05) is 12.1 Å². The molecular weight excluding hydrogens is 254 g/mol. The van der Waals surface area contributed by atoms with Gasteiger partial charge < -0.3 is 15.2 Å². The summed E-state index contributed by atoms with van der Waals surface area (Å²) in [6, 6.07) is 9.49. The Labute approximate surface area is 119 Å². The van der Waals surface area contributed by atoms with Gasteiger partial charge in [0.15, 0.2) is 0 Å². The van der Waals surface area contributed by atoms with Crippen LogP contribution in [0.25, 0.3) is 0 Å². The second-order valence-electron chi connectivity index (χ2n) is 4.73. The first-order chi connectivity index (χ1) is 9.69. The lowest BCUT2D eigenvalue weighted by Gasteiger charge is -2.13. The van der Waals surface area contributed by atoms with Gasteiger partial charge in [0, 0.05) is 32.8 Å². The van der Waals surface area contributed by atoms with Gasteiger partial charge in [-0.05, 0) is 23.8 Å². The van der Waals surface area contributed by atoms with Crippen molar-refractivity contribution in [1.29, 1.82) is 0 Å². The molecule has 0 bridgehead atoms. The Morgan fingerprint density at radius 1 is 1.40 bits per heavy atom. The molecule has 2 N–H and O–H groups in total. The van der Waals surface area contributed by atoms with Gasteiger partial charge in [0.2, 0.25) is 0 Å². The first kappa shape index (κ1) is 14.6. The lowest BCUT2D eigenvalue weighted by molar-refractivity contribution is 0.174. The van der Waals surface area contributed by atoms with Crippen LogP contribution in [0.1, 0.15) is 17.4 Å². The predicted octanol–water partition coefficient (Wildman–Crippen LogP) is 1.29. The molecule has 2 rings (SSSR count). The molecule has 1 aromatic carbocycles. The van der Waals surface area contributed by atoms with Crippen molar-refractivity contribution in [2.45, 2.75) is 12.5 Å². The number of hydrogen-bond donors (Lipinski definition) is 2. The summed E-state index contributed by atoms with van der Waals surface area (Å²) in [4.78, 5) is 0. The zero-order valence-electron chi connectivity index (χ0n) is 11.9. The quantitative estimate of drug-likeness (QED) is 0.748. The second kappa shape index (κ2) is 7.07. The van der Waals surface area contributed by atoms with E-state index in [1.54, 1.807) is 11.8 Å². The topological polar surface area (TPSA) is 59.3 Å². The fraction of sp³-hybridized carbons (Fsp3) is 0.400. The van der Waals surface area contributed by atoms with Crippen LogP contribution in [-0.4, -0.2) is 35.1 Å². The summed E-state index contributed by atoms with van der Waals surface area (Å²) in [5, 5.41) is 17.6. The summed E-state index contributed by atoms with van der Waals surface area (Å²) in [6.45, 7) is 1.30. The lowest BCUT2D eigenvalue weighted by Crippen LogP contribution is -2.23. The highest BCUT2D eigenvalue weighted by Crippen LogP contribution is 2.18. The predicted molar refractivity (Wildman–Crippen MR) is 77.7 cm³/mol. The van der Waals surface area contributed by atoms with Crippen LogP contribution < -0.4 is 10.1 Å². The molecule has 0 saturated heterocycles. The molecule has 1 heterocycles. The number of aryl methyl sites for hydroxylation is 1. The molecule has 108 valence electrons. The highest BCUT2D eigenvalue weighted by molar-refractivity contribution is 5.29. The van der Waals surface area contributed by atoms with Crippen LogP contribution in [0.5, 0.6) is 5.75 Å². The minimum absolute atomic E-state index is 0.514. The number of aliphatic hydroxyl groups is 1. The molecule has 5 nitrogen and oxygen atoms in total. The number of methoxy groups -OCH3 is 1. The number of rotatable bonds is 7. The minimum Gasteiger partial charge on any atom is -0.497 e. The van der Waals surface area contributed by atoms with Crippen LogP contribution in [0.15, 0.2) is 36.5 Å². The Balaban J connectivity index is 1.75. The van der Waals surface area contributed by atoms with E-state index >= 15 is 0 Å². The van der Waals surface area contributed by atoms with Crippen LogP contribution in [0.4, 0.5) is 0 Å². The Hall–Kier alpha value is -1.85. The van der Waals surface area contributed by atoms with E-state index in [1.807, 2.05) is 43.6 Å². The maximum absolute atomic E-state index is 10.1. The fourth-order valence-electron chi connectivity index (χ4n) is 2.02. The SMILES string of the molecule is COc1cccc(C(O)CNCCc2ccn(C)n2)c1. The molecule has 1 unspecified atom stereocenters. The van der Waals surface area contributed by atoms with Gasteiger partial charge in [0.1, 0.15) is 5.75 Å². The van der Waals surface area contributed by atoms with Gasteiger partial charge in [-0.25, -0.2) is 0 Å². The van der Waals surface area contributed by atoms with Crippen molar-refractivity contribution >= 4 is 0 Å². The average Bonchev–Trinajstić information content (AvgIpc) is 2.89. The number of hydrogen-bond acceptors (Lipinski definition) is 4. The summed E-state index contributed by atoms with van der Waals surface area (Å²) in [6.07, 6.45) is 2.25. The molecule has 2 aromatic rings. The van der Waals surface area contributed by atoms with E-state index in [0.29, 0.717) is 6.54 Å². The van der Waals surface area contributed by atoms with E-state index < -0.39 is 6.10 Å². The normalized spacial score (nSPS) is 12.3. The van der Waals surface area contributed by atoms with E-state index in [4.69, 9.17) is 4.74 Å². The Bertz CT molecular complexity index is 539. The molecule has 0 saturated carbocycles. The van der Waals surface area contributed by atoms with Crippen molar-refractivity contribution in [3.8, 4) is 5.75 Å². The lowest BCUT2D eigenvalue weighted by atomic mass is 10.1. The summed E-state index contributed by atoms with van der Waals surface area (Å²) in [7, 11) is 3.53. The second-order valence-corrected chi connectivity index (χ2v) is 4.73. The van der Waals surface area contributed by atoms with Gasteiger partial charge in [-0.2, -0.15) is 5.10 Å². The third kappa shape index (κ3) is 4.08. The van der Waals surface area contributed by atoms with Crippen molar-refractivity contribution in [2.75, 3.05) is 20.2 Å². The number of aliphatic hydroxyl groups excluding tert-OH is 1. The van der Waals surface area contributed by atoms with Crippen molar-refractivity contribution < 1.29 is 9.84 Å². The van der Waals surface area contributed by atoms with E-state index in [9.17, 15) is 5.11 Å². The third-order valence-corrected chi connectivity index (χ3v) is 3.14. The number of aromatic nitrogens is 2. The molecule has 0 amide bonds. The maximum Gasteiger partial charge on any atom is 0.119 e. The number of nitrogens with one attached hydrogen (secondary N) is 1. The monoisotopic (exact) mass is 275 g/mol. The minimum atomic E-state index is -0.533. The molecule has 1 atom stereocenters. The standard InChI is InChI=1S/C15H21N3O2/c1-18-9-7-13(17-18)6-8-16-11-15(19)12-4-3-5-14(10-12)20-2/h3-5,7,9-10,15-16,19H,6,8,11H2,1-2H3. The Morgan fingerprint density at radius 2 is 2.25 bits per heavy atom. The van der Waals surface area contributed by atoms with Crippen molar-refractivity contribution in [3.63, 3.8) is 0 Å². The van der Waals surface area contributed by atoms with Gasteiger partial charge in [0.05, 0.1) is 18.9 Å². The molecular formula is C15H21N3O2. The van der Waals surface area contributed by atoms with Crippen LogP contribution in [-0.2, 0) is 13.5 Å². The Morgan fingerprint density at radius 3 is 2.95 bits per heavy atom. The van der Waals surface area contributed by atoms with E-state index in [1.165, 1.54) is 0 Å². The van der Waals surface area contributed by atoms with Crippen molar-refractivity contribution in [3.05, 3.63) is 47.8 Å². The van der Waals surface area contributed by atoms with Crippen LogP contribution in [0.3, 0.4) is 0 Å². The summed E-state index contributed by atoms with van der Waals surface area (Å²) < 4.78 is 6.94. The third-order valence-electron chi connectivity index (χ3n) is 3.14. The first-order valence-electron chi connectivity index (χ1n) is 6.70. The van der Waals surface area contributed by atoms with E-state index in [2.05, 4.69) is 10.4 Å². The molecule has 5 heteroatoms. The number of benzene rings is 1. The zero-order valence-corrected chi connectivity index (χ0v) is 11.9. The van der Waals surface area contributed by atoms with Crippen molar-refractivity contribution in [2.24, 2.45) is 7.05 Å². The van der Waals surface area contributed by atoms with E-state index in [0.717, 1.165) is 30.0 Å². The molecule has 0 radical (unpaired) electrons. The smallest absolute Gasteiger partial charge is 0.119 e. The first-order valence-corrected chi connectivity index (χ1v) is 6.70. The van der Waals surface area contributed by atoms with Crippen LogP contribution in [0, 0.1) is 0 Å². The average molecular weight is 275 g/mol. The molecule has 20 heavy (non-hydrogen) atoms. The number of ether oxygens (including phenoxy) is 1. The molecule has 0 aliphatic rings. The largest absolute Gasteiger partial charge is 0.497 e. The van der Waals surface area contributed by atoms with Gasteiger partial charge in [0.25, 0.3) is 0 Å². The van der Waals surface area contributed by atoms with E-state index in [-0.39, 0.29) is 0 Å². The Kier molecular flexibility index (Phi) is 5.15. The molecule has 0 spiro atoms.